The van der Waals surface area contributed by atoms with Crippen molar-refractivity contribution in [2.75, 3.05) is 19.5 Å². The van der Waals surface area contributed by atoms with E-state index in [1.165, 1.54) is 0 Å². The predicted molar refractivity (Wildman–Crippen MR) is 85.8 cm³/mol. The van der Waals surface area contributed by atoms with Gasteiger partial charge in [-0.2, -0.15) is 0 Å². The first kappa shape index (κ1) is 14.2. The summed E-state index contributed by atoms with van der Waals surface area (Å²) in [4.78, 5) is 17.4. The Labute approximate surface area is 128 Å². The number of hydrogen-bond donors (Lipinski definition) is 1. The van der Waals surface area contributed by atoms with Gasteiger partial charge >= 0.3 is 6.02 Å². The highest BCUT2D eigenvalue weighted by Gasteiger charge is 2.14. The van der Waals surface area contributed by atoms with Crippen LogP contribution >= 0.6 is 0 Å². The van der Waals surface area contributed by atoms with Crippen LogP contribution in [0, 0.1) is 6.92 Å². The van der Waals surface area contributed by atoms with Crippen LogP contribution in [-0.2, 0) is 4.74 Å². The van der Waals surface area contributed by atoms with Crippen LogP contribution in [-0.4, -0.2) is 42.6 Å². The molecule has 114 valence electrons. The molecular weight excluding hydrogens is 282 g/mol. The molecule has 0 amide bonds. The third-order valence-electron chi connectivity index (χ3n) is 3.37. The Balaban J connectivity index is 1.91. The van der Waals surface area contributed by atoms with Crippen molar-refractivity contribution in [3.05, 3.63) is 23.9 Å². The number of benzene rings is 1. The molecule has 1 atom stereocenters. The maximum atomic E-state index is 5.24. The summed E-state index contributed by atoms with van der Waals surface area (Å²) < 4.78 is 10.3. The summed E-state index contributed by atoms with van der Waals surface area (Å²) in [7, 11) is 3.18. The van der Waals surface area contributed by atoms with Gasteiger partial charge in [-0.25, -0.2) is 20.0 Å². The maximum Gasteiger partial charge on any atom is 0.313 e. The molecule has 1 unspecified atom stereocenters. The molecule has 0 radical (unpaired) electrons. The molecule has 0 aliphatic carbocycles. The van der Waals surface area contributed by atoms with Crippen molar-refractivity contribution >= 4 is 29.1 Å². The summed E-state index contributed by atoms with van der Waals surface area (Å²) in [5.74, 6) is 1.29. The van der Waals surface area contributed by atoms with Gasteiger partial charge in [0.2, 0.25) is 5.95 Å². The summed E-state index contributed by atoms with van der Waals surface area (Å²) in [6.45, 7) is 1.95. The smallest absolute Gasteiger partial charge is 0.313 e. The minimum Gasteiger partial charge on any atom is -0.497 e. The molecule has 0 spiro atoms. The summed E-state index contributed by atoms with van der Waals surface area (Å²) in [5, 5.41) is 4.19. The van der Waals surface area contributed by atoms with Crippen LogP contribution in [0.25, 0.3) is 10.9 Å². The maximum absolute atomic E-state index is 5.24. The molecule has 0 saturated heterocycles. The molecule has 7 heteroatoms. The standard InChI is InChI=1S/C15H17N5O2/c1-9-11-5-4-10(21-2)8-12(11)18-14(17-9)19-13-6-7-16-15(20-13)22-3/h4-5,7-8,13H,6H2,1-3H3,(H,17,18,19). The molecule has 0 fully saturated rings. The molecule has 22 heavy (non-hydrogen) atoms. The first-order valence-electron chi connectivity index (χ1n) is 6.93. The van der Waals surface area contributed by atoms with Gasteiger partial charge in [0.1, 0.15) is 11.9 Å². The number of nitrogens with one attached hydrogen (secondary N) is 1. The highest BCUT2D eigenvalue weighted by atomic mass is 16.5. The topological polar surface area (TPSA) is 81.0 Å². The molecule has 3 rings (SSSR count). The lowest BCUT2D eigenvalue weighted by Crippen LogP contribution is -2.24. The monoisotopic (exact) mass is 299 g/mol. The number of hydrogen-bond acceptors (Lipinski definition) is 7. The molecule has 1 aliphatic heterocycles. The molecule has 2 heterocycles. The summed E-state index contributed by atoms with van der Waals surface area (Å²) in [6.07, 6.45) is 2.24. The Morgan fingerprint density at radius 3 is 2.82 bits per heavy atom. The van der Waals surface area contributed by atoms with E-state index in [1.54, 1.807) is 20.4 Å². The Morgan fingerprint density at radius 1 is 1.18 bits per heavy atom. The van der Waals surface area contributed by atoms with E-state index in [-0.39, 0.29) is 6.17 Å². The molecule has 7 nitrogen and oxygen atoms in total. The number of aryl methyl sites for hydroxylation is 1. The zero-order valence-electron chi connectivity index (χ0n) is 12.7. The zero-order valence-corrected chi connectivity index (χ0v) is 12.7. The predicted octanol–water partition coefficient (Wildman–Crippen LogP) is 2.16. The number of aromatic nitrogens is 2. The van der Waals surface area contributed by atoms with E-state index in [0.717, 1.165) is 22.3 Å². The van der Waals surface area contributed by atoms with Crippen LogP contribution in [0.4, 0.5) is 5.95 Å². The van der Waals surface area contributed by atoms with E-state index < -0.39 is 0 Å². The Morgan fingerprint density at radius 2 is 2.05 bits per heavy atom. The molecule has 0 bridgehead atoms. The molecule has 1 aromatic heterocycles. The second-order valence-electron chi connectivity index (χ2n) is 4.84. The average Bonchev–Trinajstić information content (AvgIpc) is 2.54. The van der Waals surface area contributed by atoms with Gasteiger partial charge < -0.3 is 14.8 Å². The van der Waals surface area contributed by atoms with E-state index in [2.05, 4.69) is 25.3 Å². The van der Waals surface area contributed by atoms with Crippen molar-refractivity contribution in [2.24, 2.45) is 9.98 Å². The van der Waals surface area contributed by atoms with Gasteiger partial charge in [0.05, 0.1) is 25.4 Å². The Hall–Kier alpha value is -2.70. The molecule has 1 aliphatic rings. The van der Waals surface area contributed by atoms with Crippen molar-refractivity contribution < 1.29 is 9.47 Å². The fourth-order valence-electron chi connectivity index (χ4n) is 2.26. The van der Waals surface area contributed by atoms with Crippen LogP contribution in [0.15, 0.2) is 28.2 Å². The zero-order chi connectivity index (χ0) is 15.5. The van der Waals surface area contributed by atoms with E-state index in [1.807, 2.05) is 25.1 Å². The van der Waals surface area contributed by atoms with Crippen LogP contribution in [0.5, 0.6) is 5.75 Å². The fraction of sp³-hybridized carbons (Fsp3) is 0.333. The van der Waals surface area contributed by atoms with Crippen molar-refractivity contribution in [2.45, 2.75) is 19.5 Å². The third kappa shape index (κ3) is 2.83. The normalized spacial score (nSPS) is 17.2. The van der Waals surface area contributed by atoms with Crippen molar-refractivity contribution in [3.63, 3.8) is 0 Å². The number of anilines is 1. The van der Waals surface area contributed by atoms with Crippen LogP contribution < -0.4 is 10.1 Å². The van der Waals surface area contributed by atoms with Gasteiger partial charge in [-0.3, -0.25) is 0 Å². The molecule has 2 aromatic rings. The summed E-state index contributed by atoms with van der Waals surface area (Å²) in [5.41, 5.74) is 1.73. The largest absolute Gasteiger partial charge is 0.497 e. The van der Waals surface area contributed by atoms with E-state index >= 15 is 0 Å². The number of rotatable bonds is 3. The van der Waals surface area contributed by atoms with Gasteiger partial charge in [0.15, 0.2) is 0 Å². The lowest BCUT2D eigenvalue weighted by molar-refractivity contribution is 0.390. The molecule has 1 aromatic carbocycles. The van der Waals surface area contributed by atoms with Crippen molar-refractivity contribution in [1.29, 1.82) is 0 Å². The second-order valence-corrected chi connectivity index (χ2v) is 4.84. The fourth-order valence-corrected chi connectivity index (χ4v) is 2.26. The van der Waals surface area contributed by atoms with Crippen molar-refractivity contribution in [1.82, 2.24) is 9.97 Å². The van der Waals surface area contributed by atoms with E-state index in [0.29, 0.717) is 18.4 Å². The lowest BCUT2D eigenvalue weighted by Gasteiger charge is -2.16. The number of methoxy groups -OCH3 is 2. The number of nitrogens with zero attached hydrogens (tertiary/aromatic N) is 4. The van der Waals surface area contributed by atoms with Gasteiger partial charge in [0.25, 0.3) is 0 Å². The van der Waals surface area contributed by atoms with Gasteiger partial charge in [-0.1, -0.05) is 0 Å². The number of aliphatic imine (C=N–C) groups is 2. The van der Waals surface area contributed by atoms with Crippen LogP contribution in [0.1, 0.15) is 12.1 Å². The Kier molecular flexibility index (Phi) is 3.86. The van der Waals surface area contributed by atoms with Crippen molar-refractivity contribution in [3.8, 4) is 5.75 Å². The first-order valence-corrected chi connectivity index (χ1v) is 6.93. The second kappa shape index (κ2) is 5.97. The molecule has 0 saturated carbocycles. The molecular formula is C15H17N5O2. The van der Waals surface area contributed by atoms with Crippen LogP contribution in [0.3, 0.4) is 0 Å². The number of amidine groups is 1. The van der Waals surface area contributed by atoms with E-state index in [4.69, 9.17) is 9.47 Å². The lowest BCUT2D eigenvalue weighted by atomic mass is 10.2. The number of fused-ring (bicyclic) bond motifs is 1. The SMILES string of the molecule is COC1=NC(Nc2nc(C)c3ccc(OC)cc3n2)CC=N1. The minimum atomic E-state index is -0.185. The Bertz CT molecular complexity index is 757. The minimum absolute atomic E-state index is 0.185. The first-order chi connectivity index (χ1) is 10.7. The quantitative estimate of drug-likeness (QED) is 0.939. The third-order valence-corrected chi connectivity index (χ3v) is 3.37. The van der Waals surface area contributed by atoms with Crippen LogP contribution in [0.2, 0.25) is 0 Å². The van der Waals surface area contributed by atoms with E-state index in [9.17, 15) is 0 Å². The molecule has 1 N–H and O–H groups in total. The number of ether oxygens (including phenoxy) is 2. The average molecular weight is 299 g/mol. The van der Waals surface area contributed by atoms with Gasteiger partial charge in [0, 0.05) is 24.1 Å². The highest BCUT2D eigenvalue weighted by molar-refractivity contribution is 5.86. The summed E-state index contributed by atoms with van der Waals surface area (Å²) in [6, 6.07) is 6.10. The van der Waals surface area contributed by atoms with Gasteiger partial charge in [-0.15, -0.1) is 0 Å². The summed E-state index contributed by atoms with van der Waals surface area (Å²) >= 11 is 0. The van der Waals surface area contributed by atoms with Gasteiger partial charge in [-0.05, 0) is 19.1 Å². The highest BCUT2D eigenvalue weighted by Crippen LogP contribution is 2.22.